The SMILES string of the molecule is CCC(C)Nc1ccc(C(=O)Nc2ccc(C(F)(F)F)cc2)nn1. The first-order valence-corrected chi connectivity index (χ1v) is 7.38. The first-order valence-electron chi connectivity index (χ1n) is 7.38. The van der Waals surface area contributed by atoms with Crippen LogP contribution in [0.25, 0.3) is 0 Å². The normalized spacial score (nSPS) is 12.5. The van der Waals surface area contributed by atoms with E-state index in [-0.39, 0.29) is 17.4 Å². The van der Waals surface area contributed by atoms with Gasteiger partial charge < -0.3 is 10.6 Å². The van der Waals surface area contributed by atoms with E-state index in [1.807, 2.05) is 13.8 Å². The van der Waals surface area contributed by atoms with Crippen LogP contribution in [0.15, 0.2) is 36.4 Å². The van der Waals surface area contributed by atoms with Crippen LogP contribution in [-0.2, 0) is 6.18 Å². The van der Waals surface area contributed by atoms with Gasteiger partial charge in [-0.1, -0.05) is 6.92 Å². The molecule has 0 saturated carbocycles. The highest BCUT2D eigenvalue weighted by Crippen LogP contribution is 2.29. The molecule has 2 N–H and O–H groups in total. The number of amides is 1. The maximum absolute atomic E-state index is 12.5. The van der Waals surface area contributed by atoms with E-state index in [1.54, 1.807) is 6.07 Å². The lowest BCUT2D eigenvalue weighted by atomic mass is 10.2. The van der Waals surface area contributed by atoms with Gasteiger partial charge in [-0.05, 0) is 49.7 Å². The molecule has 0 bridgehead atoms. The number of alkyl halides is 3. The van der Waals surface area contributed by atoms with Gasteiger partial charge in [0.1, 0.15) is 5.82 Å². The molecule has 1 heterocycles. The van der Waals surface area contributed by atoms with Gasteiger partial charge in [-0.2, -0.15) is 13.2 Å². The van der Waals surface area contributed by atoms with Crippen molar-refractivity contribution in [2.75, 3.05) is 10.6 Å². The topological polar surface area (TPSA) is 66.9 Å². The Morgan fingerprint density at radius 1 is 1.12 bits per heavy atom. The largest absolute Gasteiger partial charge is 0.416 e. The fourth-order valence-electron chi connectivity index (χ4n) is 1.82. The Labute approximate surface area is 137 Å². The highest BCUT2D eigenvalue weighted by molar-refractivity contribution is 6.02. The summed E-state index contributed by atoms with van der Waals surface area (Å²) < 4.78 is 37.5. The van der Waals surface area contributed by atoms with Crippen LogP contribution in [0.2, 0.25) is 0 Å². The number of hydrogen-bond donors (Lipinski definition) is 2. The van der Waals surface area contributed by atoms with Crippen molar-refractivity contribution >= 4 is 17.4 Å². The fourth-order valence-corrected chi connectivity index (χ4v) is 1.82. The number of anilines is 2. The standard InChI is InChI=1S/C16H17F3N4O/c1-3-10(2)20-14-9-8-13(22-23-14)15(24)21-12-6-4-11(5-7-12)16(17,18)19/h4-10H,3H2,1-2H3,(H,20,23)(H,21,24). The Morgan fingerprint density at radius 2 is 1.79 bits per heavy atom. The summed E-state index contributed by atoms with van der Waals surface area (Å²) in [6.07, 6.45) is -3.50. The van der Waals surface area contributed by atoms with Gasteiger partial charge in [-0.3, -0.25) is 4.79 Å². The molecule has 1 amide bonds. The monoisotopic (exact) mass is 338 g/mol. The van der Waals surface area contributed by atoms with E-state index in [0.717, 1.165) is 18.6 Å². The van der Waals surface area contributed by atoms with Crippen molar-refractivity contribution in [2.45, 2.75) is 32.5 Å². The lowest BCUT2D eigenvalue weighted by molar-refractivity contribution is -0.137. The van der Waals surface area contributed by atoms with Gasteiger partial charge in [0.05, 0.1) is 5.56 Å². The molecular formula is C16H17F3N4O. The van der Waals surface area contributed by atoms with E-state index >= 15 is 0 Å². The molecule has 8 heteroatoms. The number of nitrogens with one attached hydrogen (secondary N) is 2. The second kappa shape index (κ2) is 7.29. The molecule has 1 aromatic carbocycles. The van der Waals surface area contributed by atoms with E-state index in [4.69, 9.17) is 0 Å². The van der Waals surface area contributed by atoms with Crippen LogP contribution >= 0.6 is 0 Å². The third-order valence-electron chi connectivity index (χ3n) is 3.37. The molecule has 0 spiro atoms. The zero-order chi connectivity index (χ0) is 17.7. The average molecular weight is 338 g/mol. The predicted molar refractivity (Wildman–Crippen MR) is 84.8 cm³/mol. The zero-order valence-corrected chi connectivity index (χ0v) is 13.2. The van der Waals surface area contributed by atoms with Gasteiger partial charge in [0.25, 0.3) is 5.91 Å². The summed E-state index contributed by atoms with van der Waals surface area (Å²) in [6.45, 7) is 4.02. The Kier molecular flexibility index (Phi) is 5.38. The number of aromatic nitrogens is 2. The molecule has 0 fully saturated rings. The molecule has 2 rings (SSSR count). The summed E-state index contributed by atoms with van der Waals surface area (Å²) in [5.74, 6) is 0.00720. The Hall–Kier alpha value is -2.64. The smallest absolute Gasteiger partial charge is 0.366 e. The highest BCUT2D eigenvalue weighted by atomic mass is 19.4. The number of carbonyl (C=O) groups excluding carboxylic acids is 1. The van der Waals surface area contributed by atoms with E-state index in [1.165, 1.54) is 18.2 Å². The third-order valence-corrected chi connectivity index (χ3v) is 3.37. The predicted octanol–water partition coefficient (Wildman–Crippen LogP) is 3.96. The van der Waals surface area contributed by atoms with Gasteiger partial charge in [-0.15, -0.1) is 10.2 Å². The van der Waals surface area contributed by atoms with Crippen molar-refractivity contribution in [1.29, 1.82) is 0 Å². The summed E-state index contributed by atoms with van der Waals surface area (Å²) in [6, 6.07) is 7.53. The minimum Gasteiger partial charge on any atom is -0.366 e. The first-order chi connectivity index (χ1) is 11.3. The lowest BCUT2D eigenvalue weighted by Crippen LogP contribution is -2.17. The molecule has 0 aliphatic heterocycles. The van der Waals surface area contributed by atoms with Crippen LogP contribution in [0.5, 0.6) is 0 Å². The number of nitrogens with zero attached hydrogens (tertiary/aromatic N) is 2. The zero-order valence-electron chi connectivity index (χ0n) is 13.2. The molecule has 0 aliphatic carbocycles. The van der Waals surface area contributed by atoms with Crippen molar-refractivity contribution in [3.63, 3.8) is 0 Å². The first kappa shape index (κ1) is 17.7. The maximum Gasteiger partial charge on any atom is 0.416 e. The van der Waals surface area contributed by atoms with Crippen molar-refractivity contribution in [3.05, 3.63) is 47.7 Å². The number of halogens is 3. The van der Waals surface area contributed by atoms with Crippen molar-refractivity contribution in [3.8, 4) is 0 Å². The summed E-state index contributed by atoms with van der Waals surface area (Å²) in [5.41, 5.74) is -0.457. The second-order valence-electron chi connectivity index (χ2n) is 5.29. The van der Waals surface area contributed by atoms with E-state index < -0.39 is 17.6 Å². The van der Waals surface area contributed by atoms with Gasteiger partial charge in [-0.25, -0.2) is 0 Å². The van der Waals surface area contributed by atoms with Crippen LogP contribution in [0.4, 0.5) is 24.7 Å². The van der Waals surface area contributed by atoms with E-state index in [0.29, 0.717) is 5.82 Å². The van der Waals surface area contributed by atoms with Gasteiger partial charge in [0.15, 0.2) is 5.69 Å². The van der Waals surface area contributed by atoms with Crippen molar-refractivity contribution < 1.29 is 18.0 Å². The maximum atomic E-state index is 12.5. The quantitative estimate of drug-likeness (QED) is 0.866. The average Bonchev–Trinajstić information content (AvgIpc) is 2.55. The van der Waals surface area contributed by atoms with Crippen LogP contribution in [-0.4, -0.2) is 22.1 Å². The molecule has 1 aromatic heterocycles. The molecule has 0 saturated heterocycles. The van der Waals surface area contributed by atoms with E-state index in [9.17, 15) is 18.0 Å². The van der Waals surface area contributed by atoms with E-state index in [2.05, 4.69) is 20.8 Å². The van der Waals surface area contributed by atoms with Crippen LogP contribution in [0, 0.1) is 0 Å². The Morgan fingerprint density at radius 3 is 2.29 bits per heavy atom. The molecule has 0 aliphatic rings. The van der Waals surface area contributed by atoms with Crippen LogP contribution < -0.4 is 10.6 Å². The number of carbonyl (C=O) groups is 1. The number of benzene rings is 1. The second-order valence-corrected chi connectivity index (χ2v) is 5.29. The molecule has 1 unspecified atom stereocenters. The molecule has 24 heavy (non-hydrogen) atoms. The molecule has 0 radical (unpaired) electrons. The molecule has 2 aromatic rings. The van der Waals surface area contributed by atoms with Gasteiger partial charge in [0.2, 0.25) is 0 Å². The summed E-state index contributed by atoms with van der Waals surface area (Å²) in [7, 11) is 0. The van der Waals surface area contributed by atoms with Crippen molar-refractivity contribution in [2.24, 2.45) is 0 Å². The fraction of sp³-hybridized carbons (Fsp3) is 0.312. The van der Waals surface area contributed by atoms with Crippen molar-refractivity contribution in [1.82, 2.24) is 10.2 Å². The third kappa shape index (κ3) is 4.68. The van der Waals surface area contributed by atoms with Gasteiger partial charge >= 0.3 is 6.18 Å². The lowest BCUT2D eigenvalue weighted by Gasteiger charge is -2.11. The van der Waals surface area contributed by atoms with Crippen LogP contribution in [0.1, 0.15) is 36.3 Å². The Bertz CT molecular complexity index is 684. The number of hydrogen-bond acceptors (Lipinski definition) is 4. The summed E-state index contributed by atoms with van der Waals surface area (Å²) >= 11 is 0. The molecular weight excluding hydrogens is 321 g/mol. The molecule has 128 valence electrons. The van der Waals surface area contributed by atoms with Gasteiger partial charge in [0, 0.05) is 11.7 Å². The van der Waals surface area contributed by atoms with Crippen LogP contribution in [0.3, 0.4) is 0 Å². The summed E-state index contributed by atoms with van der Waals surface area (Å²) in [4.78, 5) is 12.0. The Balaban J connectivity index is 2.02. The minimum absolute atomic E-state index is 0.0737. The molecule has 1 atom stereocenters. The summed E-state index contributed by atoms with van der Waals surface area (Å²) in [5, 5.41) is 13.3. The number of rotatable bonds is 5. The highest BCUT2D eigenvalue weighted by Gasteiger charge is 2.30. The molecule has 5 nitrogen and oxygen atoms in total. The minimum atomic E-state index is -4.41.